The van der Waals surface area contributed by atoms with Crippen LogP contribution in [0.25, 0.3) is 0 Å². The highest BCUT2D eigenvalue weighted by atomic mass is 32.3. The standard InChI is InChI=1S/C7H14O4S/c1-6(2)5-10-12(8,9)11-7(6,3)4/h5H2,1-4H3. The highest BCUT2D eigenvalue weighted by molar-refractivity contribution is 7.81. The van der Waals surface area contributed by atoms with Gasteiger partial charge in [0.15, 0.2) is 0 Å². The van der Waals surface area contributed by atoms with Gasteiger partial charge < -0.3 is 0 Å². The zero-order valence-corrected chi connectivity index (χ0v) is 8.56. The Morgan fingerprint density at radius 1 is 1.17 bits per heavy atom. The maximum absolute atomic E-state index is 10.9. The van der Waals surface area contributed by atoms with Crippen LogP contribution in [0.15, 0.2) is 0 Å². The fourth-order valence-corrected chi connectivity index (χ4v) is 2.01. The van der Waals surface area contributed by atoms with Crippen molar-refractivity contribution in [3.8, 4) is 0 Å². The van der Waals surface area contributed by atoms with Crippen LogP contribution < -0.4 is 0 Å². The smallest absolute Gasteiger partial charge is 0.247 e. The minimum Gasteiger partial charge on any atom is -0.247 e. The Hall–Kier alpha value is -0.130. The van der Waals surface area contributed by atoms with E-state index < -0.39 is 16.0 Å². The quantitative estimate of drug-likeness (QED) is 0.579. The molecule has 0 aromatic heterocycles. The Kier molecular flexibility index (Phi) is 2.02. The van der Waals surface area contributed by atoms with Crippen molar-refractivity contribution >= 4 is 10.4 Å². The molecule has 0 bridgehead atoms. The summed E-state index contributed by atoms with van der Waals surface area (Å²) in [6, 6.07) is 0. The molecule has 12 heavy (non-hydrogen) atoms. The van der Waals surface area contributed by atoms with E-state index in [-0.39, 0.29) is 12.0 Å². The van der Waals surface area contributed by atoms with E-state index in [9.17, 15) is 8.42 Å². The zero-order valence-electron chi connectivity index (χ0n) is 7.75. The molecule has 0 amide bonds. The lowest BCUT2D eigenvalue weighted by molar-refractivity contribution is -0.0777. The van der Waals surface area contributed by atoms with Gasteiger partial charge in [-0.3, -0.25) is 0 Å². The molecule has 1 aliphatic rings. The molecule has 1 saturated heterocycles. The largest absolute Gasteiger partial charge is 0.400 e. The summed E-state index contributed by atoms with van der Waals surface area (Å²) in [7, 11) is -3.76. The summed E-state index contributed by atoms with van der Waals surface area (Å²) in [5.74, 6) is 0. The first-order valence-corrected chi connectivity index (χ1v) is 5.10. The van der Waals surface area contributed by atoms with Crippen molar-refractivity contribution in [2.75, 3.05) is 6.61 Å². The molecule has 0 radical (unpaired) electrons. The number of rotatable bonds is 0. The second-order valence-corrected chi connectivity index (χ2v) is 5.37. The Morgan fingerprint density at radius 2 is 1.67 bits per heavy atom. The van der Waals surface area contributed by atoms with E-state index in [1.54, 1.807) is 13.8 Å². The number of hydrogen-bond acceptors (Lipinski definition) is 4. The average Bonchev–Trinajstić information content (AvgIpc) is 1.79. The molecule has 0 unspecified atom stereocenters. The summed E-state index contributed by atoms with van der Waals surface area (Å²) < 4.78 is 31.2. The molecule has 0 atom stereocenters. The normalized spacial score (nSPS) is 31.3. The molecule has 1 heterocycles. The van der Waals surface area contributed by atoms with Crippen molar-refractivity contribution in [3.05, 3.63) is 0 Å². The lowest BCUT2D eigenvalue weighted by Gasteiger charge is -2.43. The Morgan fingerprint density at radius 3 is 2.00 bits per heavy atom. The van der Waals surface area contributed by atoms with Gasteiger partial charge >= 0.3 is 10.4 Å². The van der Waals surface area contributed by atoms with Crippen molar-refractivity contribution in [1.29, 1.82) is 0 Å². The van der Waals surface area contributed by atoms with Gasteiger partial charge in [0.05, 0.1) is 12.2 Å². The van der Waals surface area contributed by atoms with Crippen LogP contribution >= 0.6 is 0 Å². The molecule has 0 aliphatic carbocycles. The molecule has 0 aromatic rings. The molecule has 0 aromatic carbocycles. The van der Waals surface area contributed by atoms with E-state index in [2.05, 4.69) is 4.18 Å². The predicted octanol–water partition coefficient (Wildman–Crippen LogP) is 1.08. The molecule has 72 valence electrons. The molecule has 0 N–H and O–H groups in total. The molecule has 1 rings (SSSR count). The van der Waals surface area contributed by atoms with Crippen LogP contribution in [0.3, 0.4) is 0 Å². The first kappa shape index (κ1) is 9.95. The molecule has 0 saturated carbocycles. The summed E-state index contributed by atoms with van der Waals surface area (Å²) in [6.45, 7) is 7.46. The van der Waals surface area contributed by atoms with E-state index in [1.165, 1.54) is 0 Å². The molecule has 0 spiro atoms. The van der Waals surface area contributed by atoms with Gasteiger partial charge in [-0.05, 0) is 13.8 Å². The van der Waals surface area contributed by atoms with E-state index in [4.69, 9.17) is 4.18 Å². The monoisotopic (exact) mass is 194 g/mol. The van der Waals surface area contributed by atoms with Crippen LogP contribution in [-0.4, -0.2) is 20.6 Å². The van der Waals surface area contributed by atoms with Gasteiger partial charge in [0.25, 0.3) is 0 Å². The minimum absolute atomic E-state index is 0.169. The van der Waals surface area contributed by atoms with Gasteiger partial charge in [0.1, 0.15) is 0 Å². The summed E-state index contributed by atoms with van der Waals surface area (Å²) in [5, 5.41) is 0. The third-order valence-electron chi connectivity index (χ3n) is 2.50. The van der Waals surface area contributed by atoms with Gasteiger partial charge in [-0.2, -0.15) is 8.42 Å². The minimum atomic E-state index is -3.76. The van der Waals surface area contributed by atoms with Crippen molar-refractivity contribution in [2.45, 2.75) is 33.3 Å². The third-order valence-corrected chi connectivity index (χ3v) is 3.53. The lowest BCUT2D eigenvalue weighted by Crippen LogP contribution is -2.50. The lowest BCUT2D eigenvalue weighted by atomic mass is 9.78. The maximum atomic E-state index is 10.9. The molecule has 1 fully saturated rings. The Bertz CT molecular complexity index is 276. The SMILES string of the molecule is CC1(C)COS(=O)(=O)OC1(C)C. The van der Waals surface area contributed by atoms with Gasteiger partial charge in [0.2, 0.25) is 0 Å². The van der Waals surface area contributed by atoms with E-state index in [0.717, 1.165) is 0 Å². The topological polar surface area (TPSA) is 52.6 Å². The van der Waals surface area contributed by atoms with Crippen LogP contribution in [0, 0.1) is 5.41 Å². The zero-order chi connectivity index (χ0) is 9.62. The molecule has 1 aliphatic heterocycles. The average molecular weight is 194 g/mol. The van der Waals surface area contributed by atoms with E-state index in [1.807, 2.05) is 13.8 Å². The van der Waals surface area contributed by atoms with Crippen molar-refractivity contribution in [2.24, 2.45) is 5.41 Å². The third kappa shape index (κ3) is 1.62. The first-order chi connectivity index (χ1) is 5.16. The van der Waals surface area contributed by atoms with Crippen LogP contribution in [0.1, 0.15) is 27.7 Å². The highest BCUT2D eigenvalue weighted by Crippen LogP contribution is 2.39. The van der Waals surface area contributed by atoms with Crippen molar-refractivity contribution in [1.82, 2.24) is 0 Å². The van der Waals surface area contributed by atoms with Crippen LogP contribution in [-0.2, 0) is 18.8 Å². The predicted molar refractivity (Wildman–Crippen MR) is 43.8 cm³/mol. The fourth-order valence-electron chi connectivity index (χ4n) is 0.785. The fraction of sp³-hybridized carbons (Fsp3) is 1.00. The van der Waals surface area contributed by atoms with Gasteiger partial charge in [-0.25, -0.2) is 8.37 Å². The maximum Gasteiger partial charge on any atom is 0.400 e. The van der Waals surface area contributed by atoms with Crippen LogP contribution in [0.5, 0.6) is 0 Å². The summed E-state index contributed by atoms with van der Waals surface area (Å²) in [4.78, 5) is 0. The first-order valence-electron chi connectivity index (χ1n) is 3.76. The number of hydrogen-bond donors (Lipinski definition) is 0. The second-order valence-electron chi connectivity index (χ2n) is 4.15. The van der Waals surface area contributed by atoms with Gasteiger partial charge in [-0.15, -0.1) is 0 Å². The van der Waals surface area contributed by atoms with Crippen LogP contribution in [0.4, 0.5) is 0 Å². The van der Waals surface area contributed by atoms with Crippen LogP contribution in [0.2, 0.25) is 0 Å². The highest BCUT2D eigenvalue weighted by Gasteiger charge is 2.47. The second kappa shape index (κ2) is 2.43. The summed E-state index contributed by atoms with van der Waals surface area (Å²) >= 11 is 0. The molecular formula is C7H14O4S. The summed E-state index contributed by atoms with van der Waals surface area (Å²) in [6.07, 6.45) is 0. The van der Waals surface area contributed by atoms with Crippen molar-refractivity contribution < 1.29 is 16.8 Å². The van der Waals surface area contributed by atoms with Crippen molar-refractivity contribution in [3.63, 3.8) is 0 Å². The van der Waals surface area contributed by atoms with E-state index >= 15 is 0 Å². The molecular weight excluding hydrogens is 180 g/mol. The van der Waals surface area contributed by atoms with Gasteiger partial charge in [0, 0.05) is 5.41 Å². The Balaban J connectivity index is 2.97. The Labute approximate surface area is 73.2 Å². The molecule has 5 heteroatoms. The molecule has 4 nitrogen and oxygen atoms in total. The van der Waals surface area contributed by atoms with E-state index in [0.29, 0.717) is 0 Å². The summed E-state index contributed by atoms with van der Waals surface area (Å²) in [5.41, 5.74) is -0.998. The van der Waals surface area contributed by atoms with Gasteiger partial charge in [-0.1, -0.05) is 13.8 Å².